The fraction of sp³-hybridized carbons (Fsp3) is 0.400. The van der Waals surface area contributed by atoms with E-state index >= 15 is 0 Å². The highest BCUT2D eigenvalue weighted by Gasteiger charge is 2.22. The molecule has 5 heteroatoms. The Labute approximate surface area is 125 Å². The topological polar surface area (TPSA) is 47.3 Å². The maximum Gasteiger partial charge on any atom is 0.181 e. The van der Waals surface area contributed by atoms with Gasteiger partial charge in [-0.3, -0.25) is 0 Å². The number of nitrogens with one attached hydrogen (secondary N) is 1. The summed E-state index contributed by atoms with van der Waals surface area (Å²) >= 11 is 0. The van der Waals surface area contributed by atoms with Crippen LogP contribution in [0.25, 0.3) is 11.3 Å². The molecule has 1 atom stereocenters. The summed E-state index contributed by atoms with van der Waals surface area (Å²) in [6, 6.07) is 6.32. The van der Waals surface area contributed by atoms with Crippen LogP contribution in [0.15, 0.2) is 35.2 Å². The van der Waals surface area contributed by atoms with E-state index in [0.29, 0.717) is 0 Å². The van der Waals surface area contributed by atoms with E-state index in [2.05, 4.69) is 28.5 Å². The Kier molecular flexibility index (Phi) is 5.17. The van der Waals surface area contributed by atoms with E-state index in [1.54, 1.807) is 6.20 Å². The molecule has 0 saturated heterocycles. The van der Waals surface area contributed by atoms with E-state index in [9.17, 15) is 0 Å². The quantitative estimate of drug-likeness (QED) is 0.945. The monoisotopic (exact) mass is 294 g/mol. The molecule has 1 aliphatic rings. The molecule has 1 aromatic heterocycles. The summed E-state index contributed by atoms with van der Waals surface area (Å²) in [6.07, 6.45) is 5.43. The molecule has 20 heavy (non-hydrogen) atoms. The normalized spacial score (nSPS) is 17.9. The van der Waals surface area contributed by atoms with E-state index in [1.807, 2.05) is 7.05 Å². The van der Waals surface area contributed by atoms with Crippen LogP contribution in [0, 0.1) is 0 Å². The number of halogens is 1. The average molecular weight is 295 g/mol. The number of hydrogen-bond acceptors (Lipinski definition) is 4. The van der Waals surface area contributed by atoms with Crippen molar-refractivity contribution in [3.63, 3.8) is 0 Å². The highest BCUT2D eigenvalue weighted by Crippen LogP contribution is 2.33. The lowest BCUT2D eigenvalue weighted by Crippen LogP contribution is -2.19. The predicted octanol–water partition coefficient (Wildman–Crippen LogP) is 2.99. The van der Waals surface area contributed by atoms with Gasteiger partial charge >= 0.3 is 0 Å². The number of hydrogen-bond donors (Lipinski definition) is 1. The molecule has 0 spiro atoms. The van der Waals surface area contributed by atoms with Crippen LogP contribution in [0.3, 0.4) is 0 Å². The summed E-state index contributed by atoms with van der Waals surface area (Å²) in [6.45, 7) is 1.63. The van der Waals surface area contributed by atoms with Crippen molar-refractivity contribution in [2.45, 2.75) is 18.9 Å². The van der Waals surface area contributed by atoms with Crippen LogP contribution in [0.4, 0.5) is 0 Å². The van der Waals surface area contributed by atoms with Gasteiger partial charge in [-0.05, 0) is 31.0 Å². The van der Waals surface area contributed by atoms with Crippen molar-refractivity contribution in [1.82, 2.24) is 10.3 Å². The maximum atomic E-state index is 5.93. The van der Waals surface area contributed by atoms with Crippen LogP contribution in [0.1, 0.15) is 23.7 Å². The van der Waals surface area contributed by atoms with Gasteiger partial charge in [0.2, 0.25) is 0 Å². The average Bonchev–Trinajstić information content (AvgIpc) is 2.89. The first-order valence-corrected chi connectivity index (χ1v) is 6.67. The second-order valence-electron chi connectivity index (χ2n) is 4.76. The summed E-state index contributed by atoms with van der Waals surface area (Å²) in [7, 11) is 1.95. The lowest BCUT2D eigenvalue weighted by atomic mass is 9.93. The Morgan fingerprint density at radius 1 is 1.40 bits per heavy atom. The molecule has 0 fully saturated rings. The SMILES string of the molecule is CNC[C@@H]1OCCCc2c(-c3cnco3)cccc21.Cl. The van der Waals surface area contributed by atoms with Gasteiger partial charge in [-0.1, -0.05) is 18.2 Å². The van der Waals surface area contributed by atoms with Crippen LogP contribution >= 0.6 is 12.4 Å². The number of likely N-dealkylation sites (N-methyl/N-ethyl adjacent to an activating group) is 1. The molecule has 2 heterocycles. The minimum Gasteiger partial charge on any atom is -0.444 e. The Morgan fingerprint density at radius 2 is 2.30 bits per heavy atom. The fourth-order valence-corrected chi connectivity index (χ4v) is 2.68. The molecular formula is C15H19ClN2O2. The lowest BCUT2D eigenvalue weighted by Gasteiger charge is -2.18. The molecule has 0 radical (unpaired) electrons. The molecular weight excluding hydrogens is 276 g/mol. The summed E-state index contributed by atoms with van der Waals surface area (Å²) in [5.74, 6) is 0.835. The van der Waals surface area contributed by atoms with E-state index in [-0.39, 0.29) is 18.5 Å². The maximum absolute atomic E-state index is 5.93. The smallest absolute Gasteiger partial charge is 0.181 e. The molecule has 0 aliphatic carbocycles. The molecule has 1 aromatic carbocycles. The molecule has 1 aliphatic heterocycles. The highest BCUT2D eigenvalue weighted by atomic mass is 35.5. The molecule has 108 valence electrons. The summed E-state index contributed by atoms with van der Waals surface area (Å²) in [5.41, 5.74) is 3.74. The highest BCUT2D eigenvalue weighted by molar-refractivity contribution is 5.85. The second kappa shape index (κ2) is 6.88. The zero-order valence-corrected chi connectivity index (χ0v) is 12.3. The van der Waals surface area contributed by atoms with Gasteiger partial charge in [0, 0.05) is 18.7 Å². The van der Waals surface area contributed by atoms with Crippen LogP contribution in [-0.2, 0) is 11.2 Å². The van der Waals surface area contributed by atoms with Gasteiger partial charge in [0.15, 0.2) is 12.2 Å². The van der Waals surface area contributed by atoms with Gasteiger partial charge in [0.1, 0.15) is 0 Å². The third kappa shape index (κ3) is 2.87. The zero-order chi connectivity index (χ0) is 13.1. The van der Waals surface area contributed by atoms with Crippen molar-refractivity contribution in [3.05, 3.63) is 41.9 Å². The van der Waals surface area contributed by atoms with Crippen LogP contribution in [-0.4, -0.2) is 25.2 Å². The van der Waals surface area contributed by atoms with Crippen molar-refractivity contribution >= 4 is 12.4 Å². The number of aromatic nitrogens is 1. The van der Waals surface area contributed by atoms with Gasteiger partial charge in [-0.25, -0.2) is 4.98 Å². The van der Waals surface area contributed by atoms with Gasteiger partial charge < -0.3 is 14.5 Å². The Balaban J connectivity index is 0.00000147. The standard InChI is InChI=1S/C15H18N2O2.ClH/c1-16-8-14-12-4-2-5-13(15-9-17-10-19-15)11(12)6-3-7-18-14;/h2,4-5,9-10,14,16H,3,6-8H2,1H3;1H/t14-;/m0./s1. The van der Waals surface area contributed by atoms with Crippen molar-refractivity contribution in [3.8, 4) is 11.3 Å². The molecule has 0 bridgehead atoms. The van der Waals surface area contributed by atoms with Crippen molar-refractivity contribution in [1.29, 1.82) is 0 Å². The van der Waals surface area contributed by atoms with Gasteiger partial charge in [-0.2, -0.15) is 0 Å². The molecule has 1 N–H and O–H groups in total. The fourth-order valence-electron chi connectivity index (χ4n) is 2.68. The minimum absolute atomic E-state index is 0. The molecule has 3 rings (SSSR count). The van der Waals surface area contributed by atoms with Crippen molar-refractivity contribution < 1.29 is 9.15 Å². The number of rotatable bonds is 3. The van der Waals surface area contributed by atoms with Crippen LogP contribution in [0.5, 0.6) is 0 Å². The molecule has 0 saturated carbocycles. The van der Waals surface area contributed by atoms with Gasteiger partial charge in [0.05, 0.1) is 12.3 Å². The summed E-state index contributed by atoms with van der Waals surface area (Å²) in [4.78, 5) is 4.02. The third-order valence-electron chi connectivity index (χ3n) is 3.54. The first kappa shape index (κ1) is 15.0. The summed E-state index contributed by atoms with van der Waals surface area (Å²) in [5, 5.41) is 3.20. The summed E-state index contributed by atoms with van der Waals surface area (Å²) < 4.78 is 11.4. The molecule has 0 unspecified atom stereocenters. The molecule has 2 aromatic rings. The number of nitrogens with zero attached hydrogens (tertiary/aromatic N) is 1. The van der Waals surface area contributed by atoms with E-state index in [4.69, 9.17) is 9.15 Å². The zero-order valence-electron chi connectivity index (χ0n) is 11.5. The van der Waals surface area contributed by atoms with E-state index < -0.39 is 0 Å². The van der Waals surface area contributed by atoms with Crippen molar-refractivity contribution in [2.24, 2.45) is 0 Å². The number of ether oxygens (including phenoxy) is 1. The van der Waals surface area contributed by atoms with Crippen molar-refractivity contribution in [2.75, 3.05) is 20.2 Å². The second-order valence-corrected chi connectivity index (χ2v) is 4.76. The Bertz CT molecular complexity index is 543. The third-order valence-corrected chi connectivity index (χ3v) is 3.54. The predicted molar refractivity (Wildman–Crippen MR) is 80.1 cm³/mol. The lowest BCUT2D eigenvalue weighted by molar-refractivity contribution is 0.0579. The number of benzene rings is 1. The number of oxazole rings is 1. The van der Waals surface area contributed by atoms with Gasteiger partial charge in [-0.15, -0.1) is 12.4 Å². The first-order valence-electron chi connectivity index (χ1n) is 6.67. The van der Waals surface area contributed by atoms with Gasteiger partial charge in [0.25, 0.3) is 0 Å². The Morgan fingerprint density at radius 3 is 3.05 bits per heavy atom. The molecule has 4 nitrogen and oxygen atoms in total. The number of fused-ring (bicyclic) bond motifs is 1. The van der Waals surface area contributed by atoms with Crippen LogP contribution in [0.2, 0.25) is 0 Å². The first-order chi connectivity index (χ1) is 9.40. The molecule has 0 amide bonds. The van der Waals surface area contributed by atoms with Crippen LogP contribution < -0.4 is 5.32 Å². The Hall–Kier alpha value is -1.36. The largest absolute Gasteiger partial charge is 0.444 e. The minimum atomic E-state index is 0. The van der Waals surface area contributed by atoms with E-state index in [1.165, 1.54) is 17.5 Å². The van der Waals surface area contributed by atoms with E-state index in [0.717, 1.165) is 37.3 Å².